The van der Waals surface area contributed by atoms with Crippen LogP contribution in [0.3, 0.4) is 0 Å². The zero-order chi connectivity index (χ0) is 18.5. The maximum absolute atomic E-state index is 12.0. The van der Waals surface area contributed by atoms with Gasteiger partial charge >= 0.3 is 6.03 Å². The van der Waals surface area contributed by atoms with Crippen molar-refractivity contribution >= 4 is 28.6 Å². The minimum atomic E-state index is -0.433. The summed E-state index contributed by atoms with van der Waals surface area (Å²) < 4.78 is 1.76. The third kappa shape index (κ3) is 4.01. The first-order valence-corrected chi connectivity index (χ1v) is 8.38. The molecule has 0 radical (unpaired) electrons. The van der Waals surface area contributed by atoms with E-state index in [1.807, 2.05) is 42.6 Å². The van der Waals surface area contributed by atoms with Crippen LogP contribution in [0.4, 0.5) is 16.4 Å². The summed E-state index contributed by atoms with van der Waals surface area (Å²) >= 11 is 0. The summed E-state index contributed by atoms with van der Waals surface area (Å²) in [6.07, 6.45) is 5.22. The van der Waals surface area contributed by atoms with E-state index in [-0.39, 0.29) is 0 Å². The number of anilines is 2. The number of carbonyl (C=O) groups is 1. The number of nitrogens with zero attached hydrogens (tertiary/aromatic N) is 4. The molecule has 0 saturated carbocycles. The van der Waals surface area contributed by atoms with Gasteiger partial charge in [0, 0.05) is 30.0 Å². The van der Waals surface area contributed by atoms with Gasteiger partial charge in [-0.3, -0.25) is 25.8 Å². The van der Waals surface area contributed by atoms with Crippen molar-refractivity contribution in [1.82, 2.24) is 25.2 Å². The Morgan fingerprint density at radius 1 is 0.926 bits per heavy atom. The molecular formula is C19H17N7O. The lowest BCUT2D eigenvalue weighted by Gasteiger charge is -2.08. The second kappa shape index (κ2) is 7.52. The Labute approximate surface area is 155 Å². The number of hydrogen-bond donors (Lipinski definition) is 3. The Morgan fingerprint density at radius 2 is 1.81 bits per heavy atom. The smallest absolute Gasteiger partial charge is 0.289 e. The highest BCUT2D eigenvalue weighted by Gasteiger charge is 2.07. The summed E-state index contributed by atoms with van der Waals surface area (Å²) in [6.45, 7) is 0.559. The highest BCUT2D eigenvalue weighted by Crippen LogP contribution is 2.17. The summed E-state index contributed by atoms with van der Waals surface area (Å²) in [5.74, 6) is 0.991. The minimum absolute atomic E-state index is 0.433. The zero-order valence-corrected chi connectivity index (χ0v) is 14.3. The molecule has 3 heterocycles. The molecule has 0 aliphatic carbocycles. The largest absolute Gasteiger partial charge is 0.339 e. The van der Waals surface area contributed by atoms with Crippen molar-refractivity contribution in [1.29, 1.82) is 0 Å². The number of benzene rings is 1. The second-order valence-electron chi connectivity index (χ2n) is 5.81. The molecule has 134 valence electrons. The molecule has 0 unspecified atom stereocenters. The van der Waals surface area contributed by atoms with Gasteiger partial charge in [-0.2, -0.15) is 5.10 Å². The summed E-state index contributed by atoms with van der Waals surface area (Å²) in [5, 5.41) is 8.13. The molecule has 0 atom stereocenters. The fourth-order valence-electron chi connectivity index (χ4n) is 2.69. The normalized spacial score (nSPS) is 10.5. The number of aromatic nitrogens is 4. The molecule has 3 aromatic heterocycles. The summed E-state index contributed by atoms with van der Waals surface area (Å²) in [4.78, 5) is 20.5. The molecule has 0 saturated heterocycles. The third-order valence-electron chi connectivity index (χ3n) is 3.90. The van der Waals surface area contributed by atoms with Crippen molar-refractivity contribution in [3.8, 4) is 0 Å². The van der Waals surface area contributed by atoms with Gasteiger partial charge in [0.25, 0.3) is 0 Å². The Kier molecular flexibility index (Phi) is 4.60. The fourth-order valence-corrected chi connectivity index (χ4v) is 2.69. The van der Waals surface area contributed by atoms with E-state index in [0.717, 1.165) is 16.5 Å². The lowest BCUT2D eigenvalue weighted by molar-refractivity contribution is 0.253. The van der Waals surface area contributed by atoms with Gasteiger partial charge in [-0.25, -0.2) is 9.78 Å². The van der Waals surface area contributed by atoms with Gasteiger partial charge in [-0.05, 0) is 23.8 Å². The van der Waals surface area contributed by atoms with E-state index in [1.54, 1.807) is 35.3 Å². The lowest BCUT2D eigenvalue weighted by Crippen LogP contribution is -2.34. The first kappa shape index (κ1) is 16.5. The monoisotopic (exact) mass is 359 g/mol. The molecule has 3 N–H and O–H groups in total. The minimum Gasteiger partial charge on any atom is -0.289 e. The van der Waals surface area contributed by atoms with Crippen LogP contribution in [0.25, 0.3) is 10.9 Å². The van der Waals surface area contributed by atoms with Crippen molar-refractivity contribution in [2.75, 3.05) is 10.7 Å². The molecule has 0 aliphatic rings. The van der Waals surface area contributed by atoms with Crippen molar-refractivity contribution in [3.63, 3.8) is 0 Å². The second-order valence-corrected chi connectivity index (χ2v) is 5.81. The predicted molar refractivity (Wildman–Crippen MR) is 103 cm³/mol. The van der Waals surface area contributed by atoms with Gasteiger partial charge in [0.2, 0.25) is 0 Å². The molecule has 0 aliphatic heterocycles. The lowest BCUT2D eigenvalue weighted by atomic mass is 10.1. The Balaban J connectivity index is 1.39. The van der Waals surface area contributed by atoms with Crippen molar-refractivity contribution in [2.24, 2.45) is 0 Å². The molecule has 4 aromatic rings. The van der Waals surface area contributed by atoms with Gasteiger partial charge < -0.3 is 0 Å². The maximum Gasteiger partial charge on any atom is 0.339 e. The van der Waals surface area contributed by atoms with Crippen LogP contribution in [0.2, 0.25) is 0 Å². The van der Waals surface area contributed by atoms with E-state index in [4.69, 9.17) is 0 Å². The summed E-state index contributed by atoms with van der Waals surface area (Å²) in [7, 11) is 0. The highest BCUT2D eigenvalue weighted by molar-refractivity contribution is 5.88. The Bertz CT molecular complexity index is 1060. The van der Waals surface area contributed by atoms with Crippen LogP contribution in [-0.4, -0.2) is 25.8 Å². The van der Waals surface area contributed by atoms with E-state index >= 15 is 0 Å². The summed E-state index contributed by atoms with van der Waals surface area (Å²) in [6, 6.07) is 16.7. The zero-order valence-electron chi connectivity index (χ0n) is 14.3. The summed E-state index contributed by atoms with van der Waals surface area (Å²) in [5.41, 5.74) is 7.23. The van der Waals surface area contributed by atoms with Gasteiger partial charge in [0.05, 0.1) is 12.1 Å². The number of rotatable bonds is 5. The average molecular weight is 359 g/mol. The standard InChI is InChI=1S/C19H17N7O/c27-19(24-23-16-8-1-2-10-20-16)22-17-9-12-26(25-17)13-15-6-3-5-14-7-4-11-21-18(14)15/h1-12H,13H2,(H,20,23)(H2,22,24,25,27). The molecule has 0 fully saturated rings. The number of fused-ring (bicyclic) bond motifs is 1. The quantitative estimate of drug-likeness (QED) is 0.476. The van der Waals surface area contributed by atoms with E-state index in [0.29, 0.717) is 18.2 Å². The fraction of sp³-hybridized carbons (Fsp3) is 0.0526. The molecule has 8 nitrogen and oxygen atoms in total. The molecular weight excluding hydrogens is 342 g/mol. The average Bonchev–Trinajstić information content (AvgIpc) is 3.14. The van der Waals surface area contributed by atoms with Crippen LogP contribution in [-0.2, 0) is 6.54 Å². The molecule has 2 amide bonds. The number of hydrazine groups is 1. The molecule has 0 spiro atoms. The van der Waals surface area contributed by atoms with Crippen LogP contribution in [0, 0.1) is 0 Å². The Hall–Kier alpha value is -3.94. The van der Waals surface area contributed by atoms with Crippen molar-refractivity contribution < 1.29 is 4.79 Å². The van der Waals surface area contributed by atoms with E-state index in [2.05, 4.69) is 31.2 Å². The third-order valence-corrected chi connectivity index (χ3v) is 3.90. The van der Waals surface area contributed by atoms with Crippen LogP contribution >= 0.6 is 0 Å². The van der Waals surface area contributed by atoms with Crippen LogP contribution < -0.4 is 16.2 Å². The molecule has 8 heteroatoms. The Morgan fingerprint density at radius 3 is 2.70 bits per heavy atom. The van der Waals surface area contributed by atoms with Gasteiger partial charge in [0.15, 0.2) is 5.82 Å². The van der Waals surface area contributed by atoms with E-state index in [1.165, 1.54) is 0 Å². The van der Waals surface area contributed by atoms with E-state index < -0.39 is 6.03 Å². The number of nitrogens with one attached hydrogen (secondary N) is 3. The molecule has 1 aromatic carbocycles. The van der Waals surface area contributed by atoms with Crippen LogP contribution in [0.15, 0.2) is 73.2 Å². The molecule has 4 rings (SSSR count). The van der Waals surface area contributed by atoms with Crippen molar-refractivity contribution in [3.05, 3.63) is 78.8 Å². The number of pyridine rings is 2. The van der Waals surface area contributed by atoms with Crippen LogP contribution in [0.1, 0.15) is 5.56 Å². The number of amides is 2. The van der Waals surface area contributed by atoms with Gasteiger partial charge in [-0.15, -0.1) is 0 Å². The number of carbonyl (C=O) groups excluding carboxylic acids is 1. The van der Waals surface area contributed by atoms with Gasteiger partial charge in [-0.1, -0.05) is 30.3 Å². The predicted octanol–water partition coefficient (Wildman–Crippen LogP) is 3.02. The van der Waals surface area contributed by atoms with E-state index in [9.17, 15) is 4.79 Å². The topological polar surface area (TPSA) is 96.8 Å². The highest BCUT2D eigenvalue weighted by atomic mass is 16.2. The first-order chi connectivity index (χ1) is 13.3. The van der Waals surface area contributed by atoms with Crippen LogP contribution in [0.5, 0.6) is 0 Å². The number of urea groups is 1. The molecule has 27 heavy (non-hydrogen) atoms. The SMILES string of the molecule is O=C(NNc1ccccn1)Nc1ccn(Cc2cccc3cccnc23)n1. The molecule has 0 bridgehead atoms. The number of hydrogen-bond acceptors (Lipinski definition) is 5. The number of para-hydroxylation sites is 1. The van der Waals surface area contributed by atoms with Crippen molar-refractivity contribution in [2.45, 2.75) is 6.54 Å². The maximum atomic E-state index is 12.0. The van der Waals surface area contributed by atoms with Gasteiger partial charge in [0.1, 0.15) is 5.82 Å². The first-order valence-electron chi connectivity index (χ1n) is 8.38.